The summed E-state index contributed by atoms with van der Waals surface area (Å²) in [5, 5.41) is 0. The highest BCUT2D eigenvalue weighted by molar-refractivity contribution is 4.98. The summed E-state index contributed by atoms with van der Waals surface area (Å²) < 4.78 is 0. The first-order valence-corrected chi connectivity index (χ1v) is 8.06. The Kier molecular flexibility index (Phi) is 4.71. The highest BCUT2D eigenvalue weighted by Crippen LogP contribution is 2.37. The average molecular weight is 252 g/mol. The topological polar surface area (TPSA) is 29.3 Å². The van der Waals surface area contributed by atoms with Crippen LogP contribution < -0.4 is 5.73 Å². The van der Waals surface area contributed by atoms with Gasteiger partial charge in [-0.15, -0.1) is 0 Å². The molecule has 3 atom stereocenters. The van der Waals surface area contributed by atoms with Gasteiger partial charge in [0.2, 0.25) is 0 Å². The van der Waals surface area contributed by atoms with Gasteiger partial charge in [-0.25, -0.2) is 0 Å². The van der Waals surface area contributed by atoms with Gasteiger partial charge < -0.3 is 5.73 Å². The van der Waals surface area contributed by atoms with Crippen LogP contribution in [0.5, 0.6) is 0 Å². The van der Waals surface area contributed by atoms with Crippen LogP contribution in [0, 0.1) is 11.8 Å². The fraction of sp³-hybridized carbons (Fsp3) is 1.00. The normalized spacial score (nSPS) is 32.7. The van der Waals surface area contributed by atoms with E-state index in [9.17, 15) is 0 Å². The second kappa shape index (κ2) is 5.92. The summed E-state index contributed by atoms with van der Waals surface area (Å²) in [5.41, 5.74) is 6.87. The molecule has 18 heavy (non-hydrogen) atoms. The van der Waals surface area contributed by atoms with Crippen LogP contribution >= 0.6 is 0 Å². The lowest BCUT2D eigenvalue weighted by atomic mass is 9.72. The Balaban J connectivity index is 1.98. The third kappa shape index (κ3) is 2.91. The van der Waals surface area contributed by atoms with Crippen molar-refractivity contribution in [1.82, 2.24) is 4.90 Å². The van der Waals surface area contributed by atoms with E-state index in [-0.39, 0.29) is 5.54 Å². The molecule has 0 radical (unpaired) electrons. The smallest absolute Gasteiger partial charge is 0.0306 e. The molecule has 3 unspecified atom stereocenters. The van der Waals surface area contributed by atoms with Gasteiger partial charge in [-0.05, 0) is 64.5 Å². The number of likely N-dealkylation sites (tertiary alicyclic amines) is 1. The number of hydrogen-bond donors (Lipinski definition) is 1. The third-order valence-electron chi connectivity index (χ3n) is 5.65. The third-order valence-corrected chi connectivity index (χ3v) is 5.65. The fourth-order valence-electron chi connectivity index (χ4n) is 4.11. The molecule has 0 amide bonds. The molecule has 2 aliphatic rings. The SMILES string of the molecule is CCC1CCCC(C(N)C(C)(C)N2CCCC2)C1. The summed E-state index contributed by atoms with van der Waals surface area (Å²) in [6, 6.07) is 0.352. The maximum atomic E-state index is 6.68. The Morgan fingerprint density at radius 3 is 2.44 bits per heavy atom. The van der Waals surface area contributed by atoms with E-state index < -0.39 is 0 Å². The Labute approximate surface area is 113 Å². The molecule has 0 spiro atoms. The fourth-order valence-corrected chi connectivity index (χ4v) is 4.11. The van der Waals surface area contributed by atoms with Crippen molar-refractivity contribution in [3.05, 3.63) is 0 Å². The van der Waals surface area contributed by atoms with Crippen molar-refractivity contribution in [2.24, 2.45) is 17.6 Å². The van der Waals surface area contributed by atoms with Gasteiger partial charge in [0.25, 0.3) is 0 Å². The summed E-state index contributed by atoms with van der Waals surface area (Å²) in [7, 11) is 0. The molecule has 106 valence electrons. The molecule has 0 bridgehead atoms. The molecule has 2 N–H and O–H groups in total. The molecule has 2 fully saturated rings. The number of nitrogens with two attached hydrogens (primary N) is 1. The van der Waals surface area contributed by atoms with E-state index in [0.29, 0.717) is 6.04 Å². The standard InChI is InChI=1S/C16H32N2/c1-4-13-8-7-9-14(12-13)15(17)16(2,3)18-10-5-6-11-18/h13-15H,4-12,17H2,1-3H3. The maximum Gasteiger partial charge on any atom is 0.0306 e. The van der Waals surface area contributed by atoms with Crippen LogP contribution in [0.1, 0.15) is 65.7 Å². The van der Waals surface area contributed by atoms with Gasteiger partial charge in [-0.1, -0.05) is 26.2 Å². The Hall–Kier alpha value is -0.0800. The minimum Gasteiger partial charge on any atom is -0.326 e. The second-order valence-electron chi connectivity index (χ2n) is 7.07. The van der Waals surface area contributed by atoms with Gasteiger partial charge in [-0.3, -0.25) is 4.90 Å². The summed E-state index contributed by atoms with van der Waals surface area (Å²) in [6.45, 7) is 9.59. The molecule has 0 aromatic rings. The van der Waals surface area contributed by atoms with Gasteiger partial charge in [0.1, 0.15) is 0 Å². The van der Waals surface area contributed by atoms with Gasteiger partial charge in [0, 0.05) is 11.6 Å². The zero-order valence-corrected chi connectivity index (χ0v) is 12.6. The molecule has 1 aliphatic heterocycles. The molecule has 1 aliphatic carbocycles. The predicted molar refractivity (Wildman–Crippen MR) is 78.6 cm³/mol. The molecule has 1 saturated carbocycles. The Morgan fingerprint density at radius 2 is 1.83 bits per heavy atom. The van der Waals surface area contributed by atoms with Crippen molar-refractivity contribution in [3.8, 4) is 0 Å². The van der Waals surface area contributed by atoms with E-state index in [1.807, 2.05) is 0 Å². The lowest BCUT2D eigenvalue weighted by Gasteiger charge is -2.45. The zero-order chi connectivity index (χ0) is 13.2. The van der Waals surface area contributed by atoms with Crippen LogP contribution in [0.15, 0.2) is 0 Å². The molecule has 0 aromatic carbocycles. The number of hydrogen-bond acceptors (Lipinski definition) is 2. The molecule has 2 heteroatoms. The summed E-state index contributed by atoms with van der Waals surface area (Å²) in [4.78, 5) is 2.63. The molecule has 2 rings (SSSR count). The van der Waals surface area contributed by atoms with Gasteiger partial charge in [-0.2, -0.15) is 0 Å². The lowest BCUT2D eigenvalue weighted by Crippen LogP contribution is -2.58. The lowest BCUT2D eigenvalue weighted by molar-refractivity contribution is 0.0756. The molecular weight excluding hydrogens is 220 g/mol. The maximum absolute atomic E-state index is 6.68. The van der Waals surface area contributed by atoms with Crippen molar-refractivity contribution in [3.63, 3.8) is 0 Å². The average Bonchev–Trinajstić information content (AvgIpc) is 2.92. The monoisotopic (exact) mass is 252 g/mol. The zero-order valence-electron chi connectivity index (χ0n) is 12.6. The van der Waals surface area contributed by atoms with Crippen molar-refractivity contribution in [2.75, 3.05) is 13.1 Å². The van der Waals surface area contributed by atoms with E-state index in [2.05, 4.69) is 25.7 Å². The summed E-state index contributed by atoms with van der Waals surface area (Å²) in [6.07, 6.45) is 9.62. The first-order chi connectivity index (χ1) is 8.55. The van der Waals surface area contributed by atoms with Crippen LogP contribution in [0.3, 0.4) is 0 Å². The molecule has 1 heterocycles. The molecule has 0 aromatic heterocycles. The van der Waals surface area contributed by atoms with Crippen molar-refractivity contribution >= 4 is 0 Å². The molecule has 1 saturated heterocycles. The Morgan fingerprint density at radius 1 is 1.17 bits per heavy atom. The largest absolute Gasteiger partial charge is 0.326 e. The summed E-state index contributed by atoms with van der Waals surface area (Å²) in [5.74, 6) is 1.68. The van der Waals surface area contributed by atoms with E-state index in [4.69, 9.17) is 5.73 Å². The van der Waals surface area contributed by atoms with Crippen molar-refractivity contribution in [2.45, 2.75) is 77.3 Å². The minimum absolute atomic E-state index is 0.191. The number of nitrogens with zero attached hydrogens (tertiary/aromatic N) is 1. The van der Waals surface area contributed by atoms with Gasteiger partial charge in [0.15, 0.2) is 0 Å². The van der Waals surface area contributed by atoms with E-state index in [1.165, 1.54) is 58.0 Å². The Bertz CT molecular complexity index is 256. The van der Waals surface area contributed by atoms with Crippen LogP contribution in [0.25, 0.3) is 0 Å². The quantitative estimate of drug-likeness (QED) is 0.831. The predicted octanol–water partition coefficient (Wildman–Crippen LogP) is 3.40. The molecular formula is C16H32N2. The van der Waals surface area contributed by atoms with Crippen LogP contribution in [0.2, 0.25) is 0 Å². The van der Waals surface area contributed by atoms with Crippen molar-refractivity contribution in [1.29, 1.82) is 0 Å². The highest BCUT2D eigenvalue weighted by atomic mass is 15.2. The van der Waals surface area contributed by atoms with Crippen molar-refractivity contribution < 1.29 is 0 Å². The van der Waals surface area contributed by atoms with Crippen LogP contribution in [-0.4, -0.2) is 29.6 Å². The molecule has 2 nitrogen and oxygen atoms in total. The highest BCUT2D eigenvalue weighted by Gasteiger charge is 2.39. The number of rotatable bonds is 4. The second-order valence-corrected chi connectivity index (χ2v) is 7.07. The van der Waals surface area contributed by atoms with E-state index in [0.717, 1.165) is 11.8 Å². The van der Waals surface area contributed by atoms with Gasteiger partial charge >= 0.3 is 0 Å². The first-order valence-electron chi connectivity index (χ1n) is 8.06. The first kappa shape index (κ1) is 14.3. The van der Waals surface area contributed by atoms with Crippen LogP contribution in [-0.2, 0) is 0 Å². The van der Waals surface area contributed by atoms with Crippen LogP contribution in [0.4, 0.5) is 0 Å². The van der Waals surface area contributed by atoms with E-state index in [1.54, 1.807) is 0 Å². The minimum atomic E-state index is 0.191. The van der Waals surface area contributed by atoms with E-state index >= 15 is 0 Å². The van der Waals surface area contributed by atoms with Gasteiger partial charge in [0.05, 0.1) is 0 Å². The summed E-state index contributed by atoms with van der Waals surface area (Å²) >= 11 is 0.